The van der Waals surface area contributed by atoms with E-state index in [4.69, 9.17) is 0 Å². The van der Waals surface area contributed by atoms with Crippen LogP contribution in [0.5, 0.6) is 0 Å². The van der Waals surface area contributed by atoms with Crippen molar-refractivity contribution < 1.29 is 9.50 Å². The lowest BCUT2D eigenvalue weighted by atomic mass is 10.1. The fourth-order valence-corrected chi connectivity index (χ4v) is 3.84. The minimum absolute atomic E-state index is 0.172. The normalized spacial score (nSPS) is 18.9. The molecular weight excluding hydrogens is 327 g/mol. The summed E-state index contributed by atoms with van der Waals surface area (Å²) >= 11 is 0. The fourth-order valence-electron chi connectivity index (χ4n) is 3.84. The van der Waals surface area contributed by atoms with Gasteiger partial charge in [-0.05, 0) is 49.1 Å². The van der Waals surface area contributed by atoms with E-state index in [1.807, 2.05) is 6.07 Å². The lowest BCUT2D eigenvalue weighted by Gasteiger charge is -2.41. The summed E-state index contributed by atoms with van der Waals surface area (Å²) in [5.41, 5.74) is 2.40. The van der Waals surface area contributed by atoms with Crippen LogP contribution in [0.4, 0.5) is 4.39 Å². The molecule has 1 heterocycles. The monoisotopic (exact) mass is 356 g/mol. The van der Waals surface area contributed by atoms with Gasteiger partial charge < -0.3 is 5.11 Å². The van der Waals surface area contributed by atoms with E-state index in [0.29, 0.717) is 6.04 Å². The molecule has 1 aliphatic heterocycles. The quantitative estimate of drug-likeness (QED) is 0.786. The van der Waals surface area contributed by atoms with Crippen molar-refractivity contribution >= 4 is 0 Å². The first-order chi connectivity index (χ1) is 12.7. The predicted molar refractivity (Wildman–Crippen MR) is 104 cm³/mol. The van der Waals surface area contributed by atoms with Crippen molar-refractivity contribution in [1.82, 2.24) is 9.80 Å². The zero-order valence-electron chi connectivity index (χ0n) is 15.4. The molecule has 1 fully saturated rings. The average Bonchev–Trinajstić information content (AvgIpc) is 2.65. The molecule has 0 aromatic heterocycles. The number of aliphatic hydroxyl groups is 1. The number of benzene rings is 2. The molecule has 1 N–H and O–H groups in total. The van der Waals surface area contributed by atoms with Crippen LogP contribution in [-0.4, -0.2) is 53.7 Å². The van der Waals surface area contributed by atoms with Crippen LogP contribution < -0.4 is 0 Å². The second-order valence-electron chi connectivity index (χ2n) is 7.16. The SMILES string of the molecule is OCCC1CN(Cc2cccc(F)c2)CCN1CCCc1ccccc1. The molecule has 3 rings (SSSR count). The molecule has 1 saturated heterocycles. The molecule has 4 heteroatoms. The molecule has 0 amide bonds. The largest absolute Gasteiger partial charge is 0.396 e. The highest BCUT2D eigenvalue weighted by Gasteiger charge is 2.26. The summed E-state index contributed by atoms with van der Waals surface area (Å²) in [6, 6.07) is 17.8. The van der Waals surface area contributed by atoms with Crippen LogP contribution in [0.25, 0.3) is 0 Å². The lowest BCUT2D eigenvalue weighted by molar-refractivity contribution is 0.0546. The third-order valence-corrected chi connectivity index (χ3v) is 5.20. The number of piperazine rings is 1. The number of rotatable bonds is 8. The van der Waals surface area contributed by atoms with Gasteiger partial charge in [0.1, 0.15) is 5.82 Å². The van der Waals surface area contributed by atoms with Gasteiger partial charge in [-0.2, -0.15) is 0 Å². The minimum Gasteiger partial charge on any atom is -0.396 e. The molecule has 1 aliphatic rings. The van der Waals surface area contributed by atoms with E-state index < -0.39 is 0 Å². The molecule has 0 spiro atoms. The first-order valence-electron chi connectivity index (χ1n) is 9.60. The summed E-state index contributed by atoms with van der Waals surface area (Å²) in [4.78, 5) is 4.89. The maximum atomic E-state index is 13.4. The summed E-state index contributed by atoms with van der Waals surface area (Å²) in [5.74, 6) is -0.172. The molecule has 2 aromatic carbocycles. The molecule has 3 nitrogen and oxygen atoms in total. The Kier molecular flexibility index (Phi) is 7.18. The number of hydrogen-bond acceptors (Lipinski definition) is 3. The first kappa shape index (κ1) is 19.0. The molecular formula is C22H29FN2O. The van der Waals surface area contributed by atoms with Gasteiger partial charge in [0.25, 0.3) is 0 Å². The molecule has 2 aromatic rings. The number of hydrogen-bond donors (Lipinski definition) is 1. The topological polar surface area (TPSA) is 26.7 Å². The molecule has 1 unspecified atom stereocenters. The zero-order chi connectivity index (χ0) is 18.2. The van der Waals surface area contributed by atoms with E-state index in [2.05, 4.69) is 40.1 Å². The van der Waals surface area contributed by atoms with Crippen LogP contribution in [0.1, 0.15) is 24.0 Å². The van der Waals surface area contributed by atoms with Crippen LogP contribution >= 0.6 is 0 Å². The summed E-state index contributed by atoms with van der Waals surface area (Å²) < 4.78 is 13.4. The van der Waals surface area contributed by atoms with Crippen molar-refractivity contribution in [2.75, 3.05) is 32.8 Å². The number of nitrogens with zero attached hydrogens (tertiary/aromatic N) is 2. The average molecular weight is 356 g/mol. The second-order valence-corrected chi connectivity index (χ2v) is 7.16. The van der Waals surface area contributed by atoms with Crippen molar-refractivity contribution in [3.05, 3.63) is 71.5 Å². The van der Waals surface area contributed by atoms with Crippen molar-refractivity contribution in [2.24, 2.45) is 0 Å². The van der Waals surface area contributed by atoms with Crippen molar-refractivity contribution in [3.8, 4) is 0 Å². The molecule has 1 atom stereocenters. The molecule has 0 aliphatic carbocycles. The third-order valence-electron chi connectivity index (χ3n) is 5.20. The number of aryl methyl sites for hydroxylation is 1. The maximum absolute atomic E-state index is 13.4. The van der Waals surface area contributed by atoms with Crippen LogP contribution in [0.2, 0.25) is 0 Å². The minimum atomic E-state index is -0.172. The van der Waals surface area contributed by atoms with Gasteiger partial charge in [-0.25, -0.2) is 4.39 Å². The van der Waals surface area contributed by atoms with Gasteiger partial charge in [0.05, 0.1) is 0 Å². The van der Waals surface area contributed by atoms with Crippen molar-refractivity contribution in [3.63, 3.8) is 0 Å². The Hall–Kier alpha value is -1.75. The van der Waals surface area contributed by atoms with E-state index in [9.17, 15) is 9.50 Å². The zero-order valence-corrected chi connectivity index (χ0v) is 15.4. The van der Waals surface area contributed by atoms with Gasteiger partial charge in [0.15, 0.2) is 0 Å². The smallest absolute Gasteiger partial charge is 0.123 e. The predicted octanol–water partition coefficient (Wildman–Crippen LogP) is 3.33. The van der Waals surface area contributed by atoms with Gasteiger partial charge in [0, 0.05) is 38.8 Å². The fraction of sp³-hybridized carbons (Fsp3) is 0.455. The summed E-state index contributed by atoms with van der Waals surface area (Å²) in [6.45, 7) is 4.99. The Balaban J connectivity index is 1.50. The highest BCUT2D eigenvalue weighted by molar-refractivity contribution is 5.16. The van der Waals surface area contributed by atoms with Gasteiger partial charge in [-0.15, -0.1) is 0 Å². The van der Waals surface area contributed by atoms with Crippen LogP contribution in [0.15, 0.2) is 54.6 Å². The van der Waals surface area contributed by atoms with Gasteiger partial charge in [-0.1, -0.05) is 42.5 Å². The Labute approximate surface area is 156 Å². The number of halogens is 1. The second kappa shape index (κ2) is 9.81. The van der Waals surface area contributed by atoms with E-state index >= 15 is 0 Å². The van der Waals surface area contributed by atoms with Crippen LogP contribution in [0.3, 0.4) is 0 Å². The van der Waals surface area contributed by atoms with E-state index in [0.717, 1.165) is 57.5 Å². The van der Waals surface area contributed by atoms with Gasteiger partial charge in [0.2, 0.25) is 0 Å². The Morgan fingerprint density at radius 2 is 1.81 bits per heavy atom. The Morgan fingerprint density at radius 1 is 1.00 bits per heavy atom. The highest BCUT2D eigenvalue weighted by Crippen LogP contribution is 2.17. The molecule has 0 radical (unpaired) electrons. The first-order valence-corrected chi connectivity index (χ1v) is 9.60. The van der Waals surface area contributed by atoms with E-state index in [1.54, 1.807) is 12.1 Å². The summed E-state index contributed by atoms with van der Waals surface area (Å²) in [5, 5.41) is 9.46. The molecule has 26 heavy (non-hydrogen) atoms. The Morgan fingerprint density at radius 3 is 2.58 bits per heavy atom. The Bertz CT molecular complexity index is 664. The third kappa shape index (κ3) is 5.63. The standard InChI is InChI=1S/C22H29FN2O/c23-21-10-4-8-20(16-21)17-24-13-14-25(22(18-24)11-15-26)12-5-9-19-6-2-1-3-7-19/h1-4,6-8,10,16,22,26H,5,9,11-15,17-18H2. The van der Waals surface area contributed by atoms with Crippen LogP contribution in [0, 0.1) is 5.82 Å². The highest BCUT2D eigenvalue weighted by atomic mass is 19.1. The van der Waals surface area contributed by atoms with Crippen molar-refractivity contribution in [1.29, 1.82) is 0 Å². The van der Waals surface area contributed by atoms with Crippen molar-refractivity contribution in [2.45, 2.75) is 31.8 Å². The van der Waals surface area contributed by atoms with Gasteiger partial charge in [-0.3, -0.25) is 9.80 Å². The maximum Gasteiger partial charge on any atom is 0.123 e. The molecule has 0 saturated carbocycles. The van der Waals surface area contributed by atoms with Crippen LogP contribution in [-0.2, 0) is 13.0 Å². The summed E-state index contributed by atoms with van der Waals surface area (Å²) in [7, 11) is 0. The number of aliphatic hydroxyl groups excluding tert-OH is 1. The van der Waals surface area contributed by atoms with E-state index in [1.165, 1.54) is 11.6 Å². The van der Waals surface area contributed by atoms with Gasteiger partial charge >= 0.3 is 0 Å². The summed E-state index contributed by atoms with van der Waals surface area (Å²) in [6.07, 6.45) is 3.02. The van der Waals surface area contributed by atoms with E-state index in [-0.39, 0.29) is 12.4 Å². The molecule has 0 bridgehead atoms. The lowest BCUT2D eigenvalue weighted by Crippen LogP contribution is -2.53. The molecule has 140 valence electrons.